The van der Waals surface area contributed by atoms with E-state index in [0.29, 0.717) is 78.6 Å². The number of amides is 1. The molecule has 1 aromatic carbocycles. The number of carbonyl (C=O) groups is 1. The van der Waals surface area contributed by atoms with Gasteiger partial charge in [-0.15, -0.1) is 0 Å². The first kappa shape index (κ1) is 24.6. The third-order valence-electron chi connectivity index (χ3n) is 5.63. The highest BCUT2D eigenvalue weighted by molar-refractivity contribution is 5.93. The van der Waals surface area contributed by atoms with Gasteiger partial charge in [0.1, 0.15) is 23.2 Å². The summed E-state index contributed by atoms with van der Waals surface area (Å²) in [6.45, 7) is 5.03. The van der Waals surface area contributed by atoms with Gasteiger partial charge >= 0.3 is 6.18 Å². The number of nitrogens with one attached hydrogen (secondary N) is 1. The van der Waals surface area contributed by atoms with Crippen molar-refractivity contribution >= 4 is 28.9 Å². The average Bonchev–Trinajstić information content (AvgIpc) is 2.85. The summed E-state index contributed by atoms with van der Waals surface area (Å²) in [7, 11) is 0. The zero-order valence-corrected chi connectivity index (χ0v) is 19.5. The predicted octanol–water partition coefficient (Wildman–Crippen LogP) is 4.29. The Morgan fingerprint density at radius 2 is 2.09 bits per heavy atom. The number of halogens is 3. The van der Waals surface area contributed by atoms with E-state index in [2.05, 4.69) is 20.3 Å². The normalized spacial score (nSPS) is 13.9. The lowest BCUT2D eigenvalue weighted by atomic mass is 10.1. The second kappa shape index (κ2) is 10.4. The van der Waals surface area contributed by atoms with E-state index in [4.69, 9.17) is 9.47 Å². The second-order valence-electron chi connectivity index (χ2n) is 8.04. The number of aryl methyl sites for hydroxylation is 2. The van der Waals surface area contributed by atoms with E-state index < -0.39 is 11.7 Å². The monoisotopic (exact) mass is 489 g/mol. The number of alkyl halides is 3. The van der Waals surface area contributed by atoms with Crippen molar-refractivity contribution in [2.45, 2.75) is 39.4 Å². The van der Waals surface area contributed by atoms with Gasteiger partial charge in [0, 0.05) is 30.5 Å². The van der Waals surface area contributed by atoms with Crippen LogP contribution in [0.1, 0.15) is 36.0 Å². The Hall–Kier alpha value is -3.47. The molecular formula is C24H26F3N5O3. The van der Waals surface area contributed by atoms with Crippen LogP contribution in [0.25, 0.3) is 10.9 Å². The number of hydrogen-bond acceptors (Lipinski definition) is 7. The molecule has 0 saturated carbocycles. The maximum atomic E-state index is 13.6. The van der Waals surface area contributed by atoms with E-state index in [1.165, 1.54) is 11.0 Å². The molecule has 0 spiro atoms. The molecule has 0 radical (unpaired) electrons. The van der Waals surface area contributed by atoms with Gasteiger partial charge in [0.25, 0.3) is 0 Å². The van der Waals surface area contributed by atoms with Crippen molar-refractivity contribution in [2.75, 3.05) is 36.6 Å². The fraction of sp³-hybridized carbons (Fsp3) is 0.417. The summed E-state index contributed by atoms with van der Waals surface area (Å²) in [5, 5.41) is 3.78. The van der Waals surface area contributed by atoms with Crippen LogP contribution in [0, 0.1) is 6.92 Å². The third kappa shape index (κ3) is 5.45. The van der Waals surface area contributed by atoms with Crippen LogP contribution in [0.5, 0.6) is 5.75 Å². The second-order valence-corrected chi connectivity index (χ2v) is 8.04. The fourth-order valence-electron chi connectivity index (χ4n) is 3.94. The Morgan fingerprint density at radius 3 is 2.83 bits per heavy atom. The number of nitrogens with zero attached hydrogens (tertiary/aromatic N) is 4. The van der Waals surface area contributed by atoms with Crippen LogP contribution in [-0.2, 0) is 28.7 Å². The summed E-state index contributed by atoms with van der Waals surface area (Å²) >= 11 is 0. The van der Waals surface area contributed by atoms with Crippen molar-refractivity contribution in [2.24, 2.45) is 0 Å². The summed E-state index contributed by atoms with van der Waals surface area (Å²) in [6, 6.07) is 5.69. The number of aromatic nitrogens is 3. The summed E-state index contributed by atoms with van der Waals surface area (Å²) in [5.74, 6) is 1.22. The van der Waals surface area contributed by atoms with Crippen LogP contribution in [0.15, 0.2) is 24.3 Å². The standard InChI is InChI=1S/C24H26F3N5O3/c1-3-34-11-9-32(14-33)20-12-17-21(15(2)29-20)30-19-8-5-10-35-22-16(13-28-23(17)31-19)6-4-7-18(22)24(25,26)27/h4,6-7,12,14H,3,5,8-11,13H2,1-2H3,(H,28,30,31). The van der Waals surface area contributed by atoms with Crippen molar-refractivity contribution in [3.63, 3.8) is 0 Å². The van der Waals surface area contributed by atoms with Crippen molar-refractivity contribution in [1.29, 1.82) is 0 Å². The lowest BCUT2D eigenvalue weighted by Gasteiger charge is -2.19. The number of para-hydroxylation sites is 1. The van der Waals surface area contributed by atoms with Gasteiger partial charge in [-0.1, -0.05) is 12.1 Å². The molecule has 1 N–H and O–H groups in total. The minimum Gasteiger partial charge on any atom is -0.493 e. The van der Waals surface area contributed by atoms with Crippen molar-refractivity contribution in [1.82, 2.24) is 15.0 Å². The summed E-state index contributed by atoms with van der Waals surface area (Å²) in [4.78, 5) is 27.0. The zero-order chi connectivity index (χ0) is 25.0. The lowest BCUT2D eigenvalue weighted by Crippen LogP contribution is -2.27. The van der Waals surface area contributed by atoms with E-state index >= 15 is 0 Å². The highest BCUT2D eigenvalue weighted by Crippen LogP contribution is 2.39. The molecule has 4 rings (SSSR count). The molecule has 2 aromatic heterocycles. The number of fused-ring (bicyclic) bond motifs is 5. The van der Waals surface area contributed by atoms with Crippen LogP contribution >= 0.6 is 0 Å². The van der Waals surface area contributed by atoms with E-state index in [-0.39, 0.29) is 18.9 Å². The number of pyridine rings is 1. The molecule has 0 aliphatic carbocycles. The van der Waals surface area contributed by atoms with Gasteiger partial charge < -0.3 is 14.8 Å². The first-order valence-corrected chi connectivity index (χ1v) is 11.4. The number of carbonyl (C=O) groups excluding carboxylic acids is 1. The van der Waals surface area contributed by atoms with Gasteiger partial charge in [0.15, 0.2) is 0 Å². The van der Waals surface area contributed by atoms with E-state index in [1.54, 1.807) is 19.1 Å². The fourth-order valence-corrected chi connectivity index (χ4v) is 3.94. The number of anilines is 2. The molecule has 35 heavy (non-hydrogen) atoms. The molecule has 11 heteroatoms. The van der Waals surface area contributed by atoms with E-state index in [1.807, 2.05) is 6.92 Å². The lowest BCUT2D eigenvalue weighted by molar-refractivity contribution is -0.139. The van der Waals surface area contributed by atoms with Crippen LogP contribution in [0.2, 0.25) is 0 Å². The Morgan fingerprint density at radius 1 is 1.26 bits per heavy atom. The average molecular weight is 489 g/mol. The molecule has 0 saturated heterocycles. The number of hydrogen-bond donors (Lipinski definition) is 1. The summed E-state index contributed by atoms with van der Waals surface area (Å²) in [5.41, 5.74) is 0.781. The Labute approximate surface area is 200 Å². The molecule has 0 atom stereocenters. The van der Waals surface area contributed by atoms with Gasteiger partial charge in [-0.3, -0.25) is 9.69 Å². The third-order valence-corrected chi connectivity index (χ3v) is 5.63. The number of ether oxygens (including phenoxy) is 2. The van der Waals surface area contributed by atoms with Gasteiger partial charge in [0.05, 0.1) is 36.5 Å². The van der Waals surface area contributed by atoms with Crippen LogP contribution < -0.4 is 15.0 Å². The Bertz CT molecular complexity index is 1220. The molecule has 8 nitrogen and oxygen atoms in total. The molecule has 1 aliphatic heterocycles. The van der Waals surface area contributed by atoms with Crippen molar-refractivity contribution in [3.05, 3.63) is 46.9 Å². The van der Waals surface area contributed by atoms with E-state index in [9.17, 15) is 18.0 Å². The minimum absolute atomic E-state index is 0.0588. The summed E-state index contributed by atoms with van der Waals surface area (Å²) in [6.07, 6.45) is -2.99. The number of benzene rings is 1. The van der Waals surface area contributed by atoms with Crippen molar-refractivity contribution < 1.29 is 27.4 Å². The Kier molecular flexibility index (Phi) is 7.34. The van der Waals surface area contributed by atoms with Gasteiger partial charge in [-0.2, -0.15) is 13.2 Å². The SMILES string of the molecule is CCOCCN(C=O)c1cc2c3nc(nc2c(C)n1)CCCOc1c(cccc1C(F)(F)F)CN3. The van der Waals surface area contributed by atoms with Gasteiger partial charge in [0.2, 0.25) is 6.41 Å². The molecule has 2 bridgehead atoms. The zero-order valence-electron chi connectivity index (χ0n) is 19.5. The van der Waals surface area contributed by atoms with E-state index in [0.717, 1.165) is 6.07 Å². The Balaban J connectivity index is 1.76. The smallest absolute Gasteiger partial charge is 0.419 e. The summed E-state index contributed by atoms with van der Waals surface area (Å²) < 4.78 is 51.8. The maximum absolute atomic E-state index is 13.6. The largest absolute Gasteiger partial charge is 0.493 e. The molecule has 0 fully saturated rings. The molecule has 3 aromatic rings. The van der Waals surface area contributed by atoms with Crippen LogP contribution in [-0.4, -0.2) is 47.7 Å². The van der Waals surface area contributed by atoms with Gasteiger partial charge in [-0.05, 0) is 32.4 Å². The molecular weight excluding hydrogens is 463 g/mol. The number of rotatable bonds is 6. The maximum Gasteiger partial charge on any atom is 0.419 e. The van der Waals surface area contributed by atoms with Crippen molar-refractivity contribution in [3.8, 4) is 5.75 Å². The minimum atomic E-state index is -4.53. The quantitative estimate of drug-likeness (QED) is 0.408. The van der Waals surface area contributed by atoms with Crippen LogP contribution in [0.4, 0.5) is 24.8 Å². The van der Waals surface area contributed by atoms with Crippen LogP contribution in [0.3, 0.4) is 0 Å². The predicted molar refractivity (Wildman–Crippen MR) is 125 cm³/mol. The molecule has 1 amide bonds. The molecule has 3 heterocycles. The highest BCUT2D eigenvalue weighted by atomic mass is 19.4. The van der Waals surface area contributed by atoms with Gasteiger partial charge in [-0.25, -0.2) is 15.0 Å². The molecule has 1 aliphatic rings. The molecule has 186 valence electrons. The molecule has 0 unspecified atom stereocenters. The topological polar surface area (TPSA) is 89.5 Å². The first-order chi connectivity index (χ1) is 16.8. The first-order valence-electron chi connectivity index (χ1n) is 11.4. The highest BCUT2D eigenvalue weighted by Gasteiger charge is 2.35.